The number of ether oxygens (including phenoxy) is 1. The van der Waals surface area contributed by atoms with E-state index in [1.165, 1.54) is 18.1 Å². The molecule has 100 valence electrons. The highest BCUT2D eigenvalue weighted by Crippen LogP contribution is 2.31. The molecule has 1 fully saturated rings. The zero-order chi connectivity index (χ0) is 14.0. The van der Waals surface area contributed by atoms with Crippen molar-refractivity contribution in [1.82, 2.24) is 0 Å². The minimum absolute atomic E-state index is 0.0559. The Bertz CT molecular complexity index is 538. The van der Waals surface area contributed by atoms with Crippen molar-refractivity contribution < 1.29 is 19.4 Å². The van der Waals surface area contributed by atoms with E-state index in [-0.39, 0.29) is 17.4 Å². The third kappa shape index (κ3) is 2.45. The predicted octanol–water partition coefficient (Wildman–Crippen LogP) is 1.93. The molecule has 1 aromatic carbocycles. The Morgan fingerprint density at radius 2 is 2.32 bits per heavy atom. The Morgan fingerprint density at radius 3 is 2.84 bits per heavy atom. The maximum atomic E-state index is 12.0. The number of carboxylic acids is 1. The molecular formula is C14H15NO4. The standard InChI is InChI=1S/C14H15NO4/c1-3-9-6-13(16)15(8-9)12-7-10(19-2)4-5-11(12)14(17)18/h3-5,7,9H,1,6,8H2,2H3,(H,17,18). The van der Waals surface area contributed by atoms with Gasteiger partial charge in [0.2, 0.25) is 5.91 Å². The molecule has 2 rings (SSSR count). The van der Waals surface area contributed by atoms with Crippen LogP contribution >= 0.6 is 0 Å². The lowest BCUT2D eigenvalue weighted by atomic mass is 10.1. The monoisotopic (exact) mass is 261 g/mol. The average Bonchev–Trinajstić information content (AvgIpc) is 2.79. The molecule has 0 saturated carbocycles. The minimum Gasteiger partial charge on any atom is -0.497 e. The summed E-state index contributed by atoms with van der Waals surface area (Å²) in [6, 6.07) is 4.59. The molecule has 1 atom stereocenters. The van der Waals surface area contributed by atoms with E-state index in [9.17, 15) is 14.7 Å². The Labute approximate surface area is 111 Å². The first-order valence-corrected chi connectivity index (χ1v) is 5.91. The normalized spacial score (nSPS) is 18.5. The number of nitrogens with zero attached hydrogens (tertiary/aromatic N) is 1. The van der Waals surface area contributed by atoms with Gasteiger partial charge in [0.15, 0.2) is 0 Å². The van der Waals surface area contributed by atoms with Gasteiger partial charge in [-0.25, -0.2) is 4.79 Å². The zero-order valence-corrected chi connectivity index (χ0v) is 10.6. The number of aromatic carboxylic acids is 1. The maximum absolute atomic E-state index is 12.0. The van der Waals surface area contributed by atoms with Crippen molar-refractivity contribution in [2.45, 2.75) is 6.42 Å². The number of carbonyl (C=O) groups is 2. The van der Waals surface area contributed by atoms with E-state index in [2.05, 4.69) is 6.58 Å². The van der Waals surface area contributed by atoms with Gasteiger partial charge < -0.3 is 14.7 Å². The lowest BCUT2D eigenvalue weighted by Gasteiger charge is -2.19. The molecule has 1 aliphatic heterocycles. The van der Waals surface area contributed by atoms with Crippen LogP contribution in [-0.4, -0.2) is 30.6 Å². The number of carboxylic acid groups (broad SMARTS) is 1. The van der Waals surface area contributed by atoms with Crippen molar-refractivity contribution in [2.24, 2.45) is 5.92 Å². The van der Waals surface area contributed by atoms with Crippen molar-refractivity contribution in [3.63, 3.8) is 0 Å². The summed E-state index contributed by atoms with van der Waals surface area (Å²) in [7, 11) is 1.50. The summed E-state index contributed by atoms with van der Waals surface area (Å²) < 4.78 is 5.09. The summed E-state index contributed by atoms with van der Waals surface area (Å²) >= 11 is 0. The Balaban J connectivity index is 2.45. The second-order valence-electron chi connectivity index (χ2n) is 4.39. The quantitative estimate of drug-likeness (QED) is 0.841. The van der Waals surface area contributed by atoms with Crippen molar-refractivity contribution in [3.8, 4) is 5.75 Å². The molecule has 0 radical (unpaired) electrons. The van der Waals surface area contributed by atoms with E-state index in [4.69, 9.17) is 4.74 Å². The molecule has 1 N–H and O–H groups in total. The number of carbonyl (C=O) groups excluding carboxylic acids is 1. The molecule has 0 aliphatic carbocycles. The molecule has 0 spiro atoms. The average molecular weight is 261 g/mol. The topological polar surface area (TPSA) is 66.8 Å². The van der Waals surface area contributed by atoms with Gasteiger partial charge in [-0.05, 0) is 12.1 Å². The van der Waals surface area contributed by atoms with Gasteiger partial charge in [-0.1, -0.05) is 6.08 Å². The van der Waals surface area contributed by atoms with E-state index in [1.54, 1.807) is 18.2 Å². The molecule has 1 heterocycles. The van der Waals surface area contributed by atoms with Gasteiger partial charge in [0, 0.05) is 24.9 Å². The largest absolute Gasteiger partial charge is 0.497 e. The lowest BCUT2D eigenvalue weighted by Crippen LogP contribution is -2.26. The lowest BCUT2D eigenvalue weighted by molar-refractivity contribution is -0.117. The smallest absolute Gasteiger partial charge is 0.337 e. The SMILES string of the molecule is C=CC1CC(=O)N(c2cc(OC)ccc2C(=O)O)C1. The van der Waals surface area contributed by atoms with Gasteiger partial charge in [-0.15, -0.1) is 6.58 Å². The fraction of sp³-hybridized carbons (Fsp3) is 0.286. The number of anilines is 1. The van der Waals surface area contributed by atoms with Crippen LogP contribution in [0.1, 0.15) is 16.8 Å². The molecule has 0 aromatic heterocycles. The molecule has 1 aromatic rings. The Hall–Kier alpha value is -2.30. The van der Waals surface area contributed by atoms with Crippen LogP contribution < -0.4 is 9.64 Å². The summed E-state index contributed by atoms with van der Waals surface area (Å²) in [5.74, 6) is -0.580. The number of amides is 1. The number of benzene rings is 1. The van der Waals surface area contributed by atoms with Gasteiger partial charge in [0.05, 0.1) is 18.4 Å². The number of hydrogen-bond acceptors (Lipinski definition) is 3. The summed E-state index contributed by atoms with van der Waals surface area (Å²) in [5, 5.41) is 9.20. The first-order chi connectivity index (χ1) is 9.06. The molecule has 1 amide bonds. The highest BCUT2D eigenvalue weighted by molar-refractivity contribution is 6.03. The molecule has 0 bridgehead atoms. The summed E-state index contributed by atoms with van der Waals surface area (Å²) in [6.45, 7) is 4.13. The zero-order valence-electron chi connectivity index (χ0n) is 10.6. The minimum atomic E-state index is -1.06. The van der Waals surface area contributed by atoms with E-state index in [0.717, 1.165) is 0 Å². The molecule has 19 heavy (non-hydrogen) atoms. The molecular weight excluding hydrogens is 246 g/mol. The summed E-state index contributed by atoms with van der Waals surface area (Å²) in [4.78, 5) is 24.7. The van der Waals surface area contributed by atoms with Crippen molar-refractivity contribution in [3.05, 3.63) is 36.4 Å². The molecule has 5 nitrogen and oxygen atoms in total. The van der Waals surface area contributed by atoms with Crippen LogP contribution in [0.25, 0.3) is 0 Å². The van der Waals surface area contributed by atoms with E-state index >= 15 is 0 Å². The summed E-state index contributed by atoms with van der Waals surface area (Å²) in [5.41, 5.74) is 0.472. The van der Waals surface area contributed by atoms with Crippen molar-refractivity contribution in [2.75, 3.05) is 18.6 Å². The highest BCUT2D eigenvalue weighted by atomic mass is 16.5. The van der Waals surface area contributed by atoms with Crippen LogP contribution in [-0.2, 0) is 4.79 Å². The van der Waals surface area contributed by atoms with Gasteiger partial charge in [-0.3, -0.25) is 4.79 Å². The molecule has 1 aliphatic rings. The molecule has 1 saturated heterocycles. The van der Waals surface area contributed by atoms with Crippen LogP contribution in [0.15, 0.2) is 30.9 Å². The van der Waals surface area contributed by atoms with Crippen LogP contribution in [0, 0.1) is 5.92 Å². The van der Waals surface area contributed by atoms with Crippen molar-refractivity contribution >= 4 is 17.6 Å². The molecule has 1 unspecified atom stereocenters. The van der Waals surface area contributed by atoms with Crippen LogP contribution in [0.2, 0.25) is 0 Å². The van der Waals surface area contributed by atoms with Gasteiger partial charge >= 0.3 is 5.97 Å². The fourth-order valence-electron chi connectivity index (χ4n) is 2.17. The number of rotatable bonds is 4. The van der Waals surface area contributed by atoms with Crippen LogP contribution in [0.4, 0.5) is 5.69 Å². The van der Waals surface area contributed by atoms with Crippen LogP contribution in [0.3, 0.4) is 0 Å². The summed E-state index contributed by atoms with van der Waals surface area (Å²) in [6.07, 6.45) is 2.08. The second-order valence-corrected chi connectivity index (χ2v) is 4.39. The van der Waals surface area contributed by atoms with Crippen LogP contribution in [0.5, 0.6) is 5.75 Å². The highest BCUT2D eigenvalue weighted by Gasteiger charge is 2.31. The predicted molar refractivity (Wildman–Crippen MR) is 70.6 cm³/mol. The Morgan fingerprint density at radius 1 is 1.58 bits per heavy atom. The molecule has 5 heteroatoms. The van der Waals surface area contributed by atoms with E-state index < -0.39 is 5.97 Å². The fourth-order valence-corrected chi connectivity index (χ4v) is 2.17. The first-order valence-electron chi connectivity index (χ1n) is 5.91. The third-order valence-corrected chi connectivity index (χ3v) is 3.21. The van der Waals surface area contributed by atoms with Crippen molar-refractivity contribution in [1.29, 1.82) is 0 Å². The number of methoxy groups -OCH3 is 1. The second kappa shape index (κ2) is 5.14. The van der Waals surface area contributed by atoms with E-state index in [0.29, 0.717) is 24.4 Å². The Kier molecular flexibility index (Phi) is 3.55. The van der Waals surface area contributed by atoms with Gasteiger partial charge in [0.1, 0.15) is 5.75 Å². The van der Waals surface area contributed by atoms with Gasteiger partial charge in [-0.2, -0.15) is 0 Å². The van der Waals surface area contributed by atoms with E-state index in [1.807, 2.05) is 0 Å². The maximum Gasteiger partial charge on any atom is 0.337 e. The third-order valence-electron chi connectivity index (χ3n) is 3.21. The number of hydrogen-bond donors (Lipinski definition) is 1. The first kappa shape index (κ1) is 13.1. The van der Waals surface area contributed by atoms with Gasteiger partial charge in [0.25, 0.3) is 0 Å².